The maximum absolute atomic E-state index is 11.3. The average molecular weight is 307 g/mol. The Morgan fingerprint density at radius 2 is 2.09 bits per heavy atom. The number of rotatable bonds is 5. The van der Waals surface area contributed by atoms with Crippen molar-refractivity contribution < 1.29 is 9.53 Å². The van der Waals surface area contributed by atoms with Crippen LogP contribution in [-0.2, 0) is 16.0 Å². The number of nitrogens with one attached hydrogen (secondary N) is 1. The predicted octanol–water partition coefficient (Wildman–Crippen LogP) is 3.13. The Hall–Kier alpha value is -2.95. The van der Waals surface area contributed by atoms with Crippen LogP contribution in [0.5, 0.6) is 0 Å². The molecule has 0 bridgehead atoms. The first-order chi connectivity index (χ1) is 11.2. The molecule has 0 amide bonds. The first kappa shape index (κ1) is 15.0. The molecular weight excluding hydrogens is 290 g/mol. The number of carbonyl (C=O) groups excluding carboxylic acids is 1. The lowest BCUT2D eigenvalue weighted by molar-refractivity contribution is -0.137. The molecule has 5 nitrogen and oxygen atoms in total. The van der Waals surface area contributed by atoms with Crippen molar-refractivity contribution in [1.29, 1.82) is 0 Å². The molecule has 23 heavy (non-hydrogen) atoms. The lowest BCUT2D eigenvalue weighted by atomic mass is 10.1. The van der Waals surface area contributed by atoms with Crippen molar-refractivity contribution in [3.8, 4) is 0 Å². The molecule has 1 aromatic carbocycles. The minimum atomic E-state index is -0.327. The molecule has 0 fully saturated rings. The Bertz CT molecular complexity index is 802. The second-order valence-corrected chi connectivity index (χ2v) is 5.06. The zero-order chi connectivity index (χ0) is 16.1. The van der Waals surface area contributed by atoms with Gasteiger partial charge in [0.25, 0.3) is 0 Å². The van der Waals surface area contributed by atoms with Crippen LogP contribution < -0.4 is 0 Å². The highest BCUT2D eigenvalue weighted by atomic mass is 16.5. The van der Waals surface area contributed by atoms with Gasteiger partial charge in [-0.15, -0.1) is 0 Å². The van der Waals surface area contributed by atoms with E-state index < -0.39 is 0 Å². The highest BCUT2D eigenvalue weighted by Crippen LogP contribution is 2.13. The number of imidazole rings is 1. The van der Waals surface area contributed by atoms with E-state index in [-0.39, 0.29) is 5.97 Å². The Labute approximate surface area is 134 Å². The third-order valence-electron chi connectivity index (χ3n) is 3.36. The first-order valence-corrected chi connectivity index (χ1v) is 7.48. The van der Waals surface area contributed by atoms with E-state index in [1.165, 1.54) is 6.08 Å². The number of aromatic nitrogens is 3. The summed E-state index contributed by atoms with van der Waals surface area (Å²) in [4.78, 5) is 23.2. The molecule has 2 heterocycles. The second-order valence-electron chi connectivity index (χ2n) is 5.06. The van der Waals surface area contributed by atoms with Crippen molar-refractivity contribution in [3.05, 3.63) is 65.6 Å². The number of ether oxygens (including phenoxy) is 1. The van der Waals surface area contributed by atoms with Gasteiger partial charge in [0.1, 0.15) is 5.82 Å². The second kappa shape index (κ2) is 6.87. The monoisotopic (exact) mass is 307 g/mol. The fourth-order valence-electron chi connectivity index (χ4n) is 2.27. The van der Waals surface area contributed by atoms with Gasteiger partial charge in [0, 0.05) is 18.7 Å². The van der Waals surface area contributed by atoms with Crippen LogP contribution in [-0.4, -0.2) is 27.5 Å². The van der Waals surface area contributed by atoms with Gasteiger partial charge in [0.2, 0.25) is 0 Å². The molecule has 0 saturated heterocycles. The summed E-state index contributed by atoms with van der Waals surface area (Å²) in [5, 5.41) is 0. The molecule has 3 rings (SSSR count). The fraction of sp³-hybridized carbons (Fsp3) is 0.167. The van der Waals surface area contributed by atoms with Crippen molar-refractivity contribution >= 4 is 23.2 Å². The van der Waals surface area contributed by atoms with Crippen molar-refractivity contribution in [3.63, 3.8) is 0 Å². The van der Waals surface area contributed by atoms with Crippen LogP contribution in [0.15, 0.2) is 48.7 Å². The normalized spacial score (nSPS) is 11.2. The van der Waals surface area contributed by atoms with Crippen molar-refractivity contribution in [1.82, 2.24) is 15.0 Å². The van der Waals surface area contributed by atoms with Crippen LogP contribution in [0.2, 0.25) is 0 Å². The Morgan fingerprint density at radius 3 is 2.83 bits per heavy atom. The fourth-order valence-corrected chi connectivity index (χ4v) is 2.27. The summed E-state index contributed by atoms with van der Waals surface area (Å²) >= 11 is 0. The van der Waals surface area contributed by atoms with E-state index in [0.717, 1.165) is 28.1 Å². The first-order valence-electron chi connectivity index (χ1n) is 7.48. The Morgan fingerprint density at radius 1 is 1.26 bits per heavy atom. The number of H-pyrrole nitrogens is 1. The lowest BCUT2D eigenvalue weighted by Gasteiger charge is -2.00. The third-order valence-corrected chi connectivity index (χ3v) is 3.36. The summed E-state index contributed by atoms with van der Waals surface area (Å²) in [6.45, 7) is 2.17. The topological polar surface area (TPSA) is 67.9 Å². The third kappa shape index (κ3) is 3.83. The van der Waals surface area contributed by atoms with Gasteiger partial charge in [-0.2, -0.15) is 0 Å². The molecule has 0 radical (unpaired) electrons. The Kier molecular flexibility index (Phi) is 4.47. The predicted molar refractivity (Wildman–Crippen MR) is 88.8 cm³/mol. The maximum atomic E-state index is 11.3. The molecule has 3 aromatic rings. The van der Waals surface area contributed by atoms with E-state index in [2.05, 4.69) is 15.0 Å². The molecule has 0 unspecified atom stereocenters. The van der Waals surface area contributed by atoms with E-state index in [9.17, 15) is 4.79 Å². The van der Waals surface area contributed by atoms with Gasteiger partial charge in [-0.25, -0.2) is 14.8 Å². The Balaban J connectivity index is 1.68. The molecule has 0 aliphatic rings. The number of fused-ring (bicyclic) bond motifs is 1. The number of aromatic amines is 1. The maximum Gasteiger partial charge on any atom is 0.330 e. The van der Waals surface area contributed by atoms with E-state index in [0.29, 0.717) is 13.0 Å². The summed E-state index contributed by atoms with van der Waals surface area (Å²) in [7, 11) is 0. The zero-order valence-corrected chi connectivity index (χ0v) is 12.8. The molecule has 116 valence electrons. The number of esters is 1. The van der Waals surface area contributed by atoms with E-state index in [4.69, 9.17) is 4.74 Å². The number of nitrogens with zero attached hydrogens (tertiary/aromatic N) is 2. The molecule has 1 N–H and O–H groups in total. The van der Waals surface area contributed by atoms with Crippen LogP contribution in [0.1, 0.15) is 23.9 Å². The quantitative estimate of drug-likeness (QED) is 0.581. The van der Waals surface area contributed by atoms with E-state index >= 15 is 0 Å². The molecule has 0 atom stereocenters. The van der Waals surface area contributed by atoms with Gasteiger partial charge >= 0.3 is 5.97 Å². The summed E-state index contributed by atoms with van der Waals surface area (Å²) in [5.74, 6) is 0.555. The molecule has 0 aliphatic heterocycles. The standard InChI is InChI=1S/C18H17N3O2/c1-2-23-17(22)10-9-13-5-7-14(8-6-13)12-16-20-15-4-3-11-19-18(15)21-16/h3-11H,2,12H2,1H3,(H,19,20,21)/b10-9+. The van der Waals surface area contributed by atoms with E-state index in [1.54, 1.807) is 19.2 Å². The molecule has 2 aromatic heterocycles. The van der Waals surface area contributed by atoms with Gasteiger partial charge in [-0.05, 0) is 36.3 Å². The SMILES string of the molecule is CCOC(=O)/C=C/c1ccc(Cc2nc3ncccc3[nH]2)cc1. The van der Waals surface area contributed by atoms with Crippen LogP contribution in [0, 0.1) is 0 Å². The smallest absolute Gasteiger partial charge is 0.330 e. The summed E-state index contributed by atoms with van der Waals surface area (Å²) < 4.78 is 4.85. The highest BCUT2D eigenvalue weighted by Gasteiger charge is 2.04. The van der Waals surface area contributed by atoms with Gasteiger partial charge in [-0.3, -0.25) is 0 Å². The van der Waals surface area contributed by atoms with Crippen molar-refractivity contribution in [2.45, 2.75) is 13.3 Å². The molecular formula is C18H17N3O2. The average Bonchev–Trinajstić information content (AvgIpc) is 2.97. The van der Waals surface area contributed by atoms with Crippen LogP contribution >= 0.6 is 0 Å². The molecule has 0 aliphatic carbocycles. The number of hydrogen-bond acceptors (Lipinski definition) is 4. The summed E-state index contributed by atoms with van der Waals surface area (Å²) in [6.07, 6.45) is 5.62. The zero-order valence-electron chi connectivity index (χ0n) is 12.8. The van der Waals surface area contributed by atoms with Gasteiger partial charge in [0.15, 0.2) is 5.65 Å². The molecule has 5 heteroatoms. The van der Waals surface area contributed by atoms with Crippen molar-refractivity contribution in [2.24, 2.45) is 0 Å². The molecule has 0 saturated carbocycles. The minimum Gasteiger partial charge on any atom is -0.463 e. The van der Waals surface area contributed by atoms with Crippen LogP contribution in [0.3, 0.4) is 0 Å². The van der Waals surface area contributed by atoms with Crippen molar-refractivity contribution in [2.75, 3.05) is 6.61 Å². The van der Waals surface area contributed by atoms with Gasteiger partial charge in [0.05, 0.1) is 12.1 Å². The summed E-state index contributed by atoms with van der Waals surface area (Å²) in [6, 6.07) is 11.8. The van der Waals surface area contributed by atoms with Crippen LogP contribution in [0.25, 0.3) is 17.2 Å². The lowest BCUT2D eigenvalue weighted by Crippen LogP contribution is -1.98. The highest BCUT2D eigenvalue weighted by molar-refractivity contribution is 5.87. The van der Waals surface area contributed by atoms with Gasteiger partial charge < -0.3 is 9.72 Å². The number of benzene rings is 1. The largest absolute Gasteiger partial charge is 0.463 e. The number of pyridine rings is 1. The minimum absolute atomic E-state index is 0.327. The van der Waals surface area contributed by atoms with E-state index in [1.807, 2.05) is 36.4 Å². The number of hydrogen-bond donors (Lipinski definition) is 1. The van der Waals surface area contributed by atoms with Gasteiger partial charge in [-0.1, -0.05) is 24.3 Å². The van der Waals surface area contributed by atoms with Crippen LogP contribution in [0.4, 0.5) is 0 Å². The number of carbonyl (C=O) groups is 1. The summed E-state index contributed by atoms with van der Waals surface area (Å²) in [5.41, 5.74) is 3.76. The molecule has 0 spiro atoms.